The van der Waals surface area contributed by atoms with E-state index in [0.29, 0.717) is 0 Å². The van der Waals surface area contributed by atoms with Gasteiger partial charge in [-0.05, 0) is 12.8 Å². The lowest BCUT2D eigenvalue weighted by molar-refractivity contribution is -1.15. The van der Waals surface area contributed by atoms with Crippen LogP contribution in [0.4, 0.5) is 0 Å². The molecule has 3 N–H and O–H groups in total. The van der Waals surface area contributed by atoms with Crippen LogP contribution in [-0.4, -0.2) is 44.1 Å². The number of aliphatic hydroxyl groups is 1. The Hall–Kier alpha value is -0.120. The molecular formula is C14H28N2O+2. The normalized spacial score (nSPS) is 52.1. The largest absolute Gasteiger partial charge is 0.391 e. The molecule has 4 aliphatic rings. The van der Waals surface area contributed by atoms with E-state index in [0.717, 1.165) is 0 Å². The lowest BCUT2D eigenvalue weighted by Crippen LogP contribution is -3.41. The van der Waals surface area contributed by atoms with Gasteiger partial charge in [-0.3, -0.25) is 9.80 Å². The standard InChI is InChI=1S/C14H26N2O/c1-3-5-13-7-15-9-14(6-4-2,12(13)17)10-16(8-13)11-15/h12,17H,3-11H2,1-2H3/p+2. The minimum Gasteiger partial charge on any atom is -0.391 e. The van der Waals surface area contributed by atoms with Crippen LogP contribution in [0.2, 0.25) is 0 Å². The van der Waals surface area contributed by atoms with Crippen LogP contribution in [0.3, 0.4) is 0 Å². The highest BCUT2D eigenvalue weighted by Crippen LogP contribution is 2.43. The van der Waals surface area contributed by atoms with Gasteiger partial charge in [-0.1, -0.05) is 26.7 Å². The summed E-state index contributed by atoms with van der Waals surface area (Å²) in [6.45, 7) is 10.8. The molecule has 4 saturated heterocycles. The van der Waals surface area contributed by atoms with Crippen molar-refractivity contribution in [2.24, 2.45) is 10.8 Å². The molecule has 0 atom stereocenters. The smallest absolute Gasteiger partial charge is 0.204 e. The number of aliphatic hydroxyl groups excluding tert-OH is 1. The zero-order valence-electron chi connectivity index (χ0n) is 11.4. The predicted molar refractivity (Wildman–Crippen MR) is 66.9 cm³/mol. The SMILES string of the molecule is CCCC12C[NH+]3C[NH+](C1)CC(CCC)(C3)C2O. The van der Waals surface area contributed by atoms with Gasteiger partial charge in [-0.25, -0.2) is 0 Å². The number of hydrogen-bond donors (Lipinski definition) is 3. The monoisotopic (exact) mass is 240 g/mol. The fourth-order valence-electron chi connectivity index (χ4n) is 5.50. The molecule has 0 aromatic rings. The third-order valence-corrected chi connectivity index (χ3v) is 5.56. The molecule has 0 radical (unpaired) electrons. The molecule has 17 heavy (non-hydrogen) atoms. The van der Waals surface area contributed by atoms with Gasteiger partial charge in [0.15, 0.2) is 0 Å². The van der Waals surface area contributed by atoms with Crippen LogP contribution in [0.15, 0.2) is 0 Å². The first-order valence-corrected chi connectivity index (χ1v) is 7.49. The van der Waals surface area contributed by atoms with Crippen molar-refractivity contribution in [3.8, 4) is 0 Å². The second kappa shape index (κ2) is 3.94. The van der Waals surface area contributed by atoms with E-state index in [-0.39, 0.29) is 16.9 Å². The van der Waals surface area contributed by atoms with Gasteiger partial charge in [0.2, 0.25) is 6.67 Å². The molecule has 0 saturated carbocycles. The van der Waals surface area contributed by atoms with Crippen molar-refractivity contribution in [3.05, 3.63) is 0 Å². The number of quaternary nitrogens is 2. The molecule has 0 spiro atoms. The first-order valence-electron chi connectivity index (χ1n) is 7.49. The van der Waals surface area contributed by atoms with E-state index in [1.807, 2.05) is 0 Å². The minimum absolute atomic E-state index is 0.0253. The van der Waals surface area contributed by atoms with Crippen molar-refractivity contribution >= 4 is 0 Å². The number of rotatable bonds is 4. The Morgan fingerprint density at radius 1 is 0.941 bits per heavy atom. The zero-order chi connectivity index (χ0) is 12.1. The van der Waals surface area contributed by atoms with E-state index >= 15 is 0 Å². The summed E-state index contributed by atoms with van der Waals surface area (Å²) in [4.78, 5) is 3.54. The molecule has 4 fully saturated rings. The van der Waals surface area contributed by atoms with Gasteiger partial charge in [0, 0.05) is 0 Å². The summed E-state index contributed by atoms with van der Waals surface area (Å²) < 4.78 is 0. The maximum absolute atomic E-state index is 11.0. The highest BCUT2D eigenvalue weighted by molar-refractivity contribution is 5.03. The van der Waals surface area contributed by atoms with Gasteiger partial charge in [0.05, 0.1) is 43.1 Å². The van der Waals surface area contributed by atoms with Crippen molar-refractivity contribution in [1.29, 1.82) is 0 Å². The maximum atomic E-state index is 11.0. The van der Waals surface area contributed by atoms with Crippen LogP contribution >= 0.6 is 0 Å². The summed E-state index contributed by atoms with van der Waals surface area (Å²) in [7, 11) is 0. The van der Waals surface area contributed by atoms with E-state index in [2.05, 4.69) is 13.8 Å². The lowest BCUT2D eigenvalue weighted by atomic mass is 9.57. The molecule has 3 nitrogen and oxygen atoms in total. The molecule has 4 rings (SSSR count). The van der Waals surface area contributed by atoms with E-state index in [1.165, 1.54) is 58.5 Å². The molecule has 0 aliphatic carbocycles. The van der Waals surface area contributed by atoms with Crippen molar-refractivity contribution in [2.75, 3.05) is 32.8 Å². The third kappa shape index (κ3) is 1.59. The van der Waals surface area contributed by atoms with Gasteiger partial charge in [-0.15, -0.1) is 0 Å². The third-order valence-electron chi connectivity index (χ3n) is 5.56. The van der Waals surface area contributed by atoms with Gasteiger partial charge >= 0.3 is 0 Å². The first kappa shape index (κ1) is 11.9. The summed E-state index contributed by atoms with van der Waals surface area (Å²) in [5.41, 5.74) is 0.507. The molecule has 0 aromatic heterocycles. The van der Waals surface area contributed by atoms with Crippen molar-refractivity contribution in [2.45, 2.75) is 45.6 Å². The summed E-state index contributed by atoms with van der Waals surface area (Å²) in [6, 6.07) is 0. The Morgan fingerprint density at radius 3 is 1.71 bits per heavy atom. The van der Waals surface area contributed by atoms with Crippen LogP contribution in [-0.2, 0) is 0 Å². The highest BCUT2D eigenvalue weighted by atomic mass is 16.3. The van der Waals surface area contributed by atoms with Gasteiger partial charge in [0.1, 0.15) is 0 Å². The minimum atomic E-state index is -0.0253. The molecule has 4 bridgehead atoms. The molecule has 98 valence electrons. The van der Waals surface area contributed by atoms with E-state index in [4.69, 9.17) is 0 Å². The quantitative estimate of drug-likeness (QED) is 0.559. The zero-order valence-corrected chi connectivity index (χ0v) is 11.4. The molecule has 0 aromatic carbocycles. The average molecular weight is 240 g/mol. The van der Waals surface area contributed by atoms with Crippen molar-refractivity contribution < 1.29 is 14.9 Å². The molecule has 4 aliphatic heterocycles. The maximum Gasteiger partial charge on any atom is 0.204 e. The molecule has 4 heterocycles. The molecule has 3 heteroatoms. The van der Waals surface area contributed by atoms with Crippen LogP contribution in [0.1, 0.15) is 39.5 Å². The second-order valence-electron chi connectivity index (χ2n) is 7.01. The Labute approximate surface area is 105 Å². The number of piperidine rings is 2. The average Bonchev–Trinajstić information content (AvgIpc) is 2.25. The summed E-state index contributed by atoms with van der Waals surface area (Å²) >= 11 is 0. The van der Waals surface area contributed by atoms with Crippen LogP contribution in [0.25, 0.3) is 0 Å². The van der Waals surface area contributed by atoms with E-state index < -0.39 is 0 Å². The molecular weight excluding hydrogens is 212 g/mol. The van der Waals surface area contributed by atoms with Crippen LogP contribution in [0.5, 0.6) is 0 Å². The predicted octanol–water partition coefficient (Wildman–Crippen LogP) is -1.31. The van der Waals surface area contributed by atoms with E-state index in [1.54, 1.807) is 9.80 Å². The fraction of sp³-hybridized carbons (Fsp3) is 1.00. The number of hydrogen-bond acceptors (Lipinski definition) is 1. The topological polar surface area (TPSA) is 29.1 Å². The lowest BCUT2D eigenvalue weighted by Gasteiger charge is -2.61. The Kier molecular flexibility index (Phi) is 2.77. The number of nitrogens with one attached hydrogen (secondary N) is 2. The Bertz CT molecular complexity index is 265. The van der Waals surface area contributed by atoms with Crippen molar-refractivity contribution in [3.63, 3.8) is 0 Å². The second-order valence-corrected chi connectivity index (χ2v) is 7.01. The molecule has 0 unspecified atom stereocenters. The summed E-state index contributed by atoms with van der Waals surface area (Å²) in [5, 5.41) is 11.0. The van der Waals surface area contributed by atoms with Gasteiger partial charge in [0.25, 0.3) is 0 Å². The Balaban J connectivity index is 1.93. The van der Waals surface area contributed by atoms with Gasteiger partial charge < -0.3 is 5.11 Å². The fourth-order valence-corrected chi connectivity index (χ4v) is 5.50. The Morgan fingerprint density at radius 2 is 1.35 bits per heavy atom. The summed E-state index contributed by atoms with van der Waals surface area (Å²) in [5.74, 6) is 0. The molecule has 0 amide bonds. The first-order chi connectivity index (χ1) is 8.14. The van der Waals surface area contributed by atoms with Crippen LogP contribution in [0, 0.1) is 10.8 Å². The summed E-state index contributed by atoms with van der Waals surface area (Å²) in [6.07, 6.45) is 4.88. The highest BCUT2D eigenvalue weighted by Gasteiger charge is 2.67. The van der Waals surface area contributed by atoms with Crippen LogP contribution < -0.4 is 9.80 Å². The van der Waals surface area contributed by atoms with Crippen molar-refractivity contribution in [1.82, 2.24) is 0 Å². The van der Waals surface area contributed by atoms with Gasteiger partial charge in [-0.2, -0.15) is 0 Å². The van der Waals surface area contributed by atoms with E-state index in [9.17, 15) is 5.11 Å².